The van der Waals surface area contributed by atoms with Crippen molar-refractivity contribution in [3.8, 4) is 0 Å². The Hall–Kier alpha value is -2.97. The van der Waals surface area contributed by atoms with Gasteiger partial charge < -0.3 is 19.5 Å². The van der Waals surface area contributed by atoms with Crippen molar-refractivity contribution < 1.29 is 27.2 Å². The highest BCUT2D eigenvalue weighted by Gasteiger charge is 2.43. The van der Waals surface area contributed by atoms with E-state index in [-0.39, 0.29) is 30.0 Å². The van der Waals surface area contributed by atoms with Gasteiger partial charge in [0.05, 0.1) is 23.8 Å². The molecule has 0 aliphatic carbocycles. The number of halogens is 3. The lowest BCUT2D eigenvalue weighted by Gasteiger charge is -2.49. The van der Waals surface area contributed by atoms with Crippen LogP contribution in [-0.4, -0.2) is 48.9 Å². The van der Waals surface area contributed by atoms with Gasteiger partial charge in [-0.15, -0.1) is 0 Å². The molecule has 0 unspecified atom stereocenters. The number of carbonyl (C=O) groups excluding carboxylic acids is 2. The number of piperazine rings is 1. The molecule has 2 aromatic rings. The summed E-state index contributed by atoms with van der Waals surface area (Å²) in [5.74, 6) is -0.370. The number of hydrogen-bond acceptors (Lipinski definition) is 4. The van der Waals surface area contributed by atoms with Crippen molar-refractivity contribution >= 4 is 17.5 Å². The second-order valence-electron chi connectivity index (χ2n) is 9.11. The van der Waals surface area contributed by atoms with Crippen LogP contribution >= 0.6 is 0 Å². The Labute approximate surface area is 190 Å². The molecule has 0 saturated carbocycles. The zero-order valence-electron chi connectivity index (χ0n) is 18.7. The Balaban J connectivity index is 1.62. The first-order chi connectivity index (χ1) is 15.6. The summed E-state index contributed by atoms with van der Waals surface area (Å²) in [5, 5.41) is 2.95. The van der Waals surface area contributed by atoms with Gasteiger partial charge in [-0.05, 0) is 54.7 Å². The van der Waals surface area contributed by atoms with E-state index in [0.29, 0.717) is 43.3 Å². The molecule has 2 aliphatic heterocycles. The summed E-state index contributed by atoms with van der Waals surface area (Å²) in [6.07, 6.45) is -2.01. The number of hydrogen-bond donors (Lipinski definition) is 1. The summed E-state index contributed by atoms with van der Waals surface area (Å²) < 4.78 is 45.2. The molecule has 6 nitrogen and oxygen atoms in total. The van der Waals surface area contributed by atoms with Crippen LogP contribution in [0.2, 0.25) is 0 Å². The Morgan fingerprint density at radius 1 is 1.21 bits per heavy atom. The SMILES string of the molecule is CC(C)CCNC(=O)[C@@H]1Cc2cc(C(F)(F)F)ccc2N2CCN(C(=O)c3ccco3)C[C@@H]12. The van der Waals surface area contributed by atoms with Crippen LogP contribution in [0, 0.1) is 11.8 Å². The maximum absolute atomic E-state index is 13.3. The van der Waals surface area contributed by atoms with Gasteiger partial charge in [-0.1, -0.05) is 13.8 Å². The van der Waals surface area contributed by atoms with Gasteiger partial charge in [0.2, 0.25) is 5.91 Å². The van der Waals surface area contributed by atoms with Crippen LogP contribution in [0.15, 0.2) is 41.0 Å². The number of nitrogens with zero attached hydrogens (tertiary/aromatic N) is 2. The highest BCUT2D eigenvalue weighted by molar-refractivity contribution is 5.92. The minimum atomic E-state index is -4.45. The van der Waals surface area contributed by atoms with E-state index in [9.17, 15) is 22.8 Å². The fraction of sp³-hybridized carbons (Fsp3) is 0.500. The molecule has 2 aliphatic rings. The van der Waals surface area contributed by atoms with Crippen molar-refractivity contribution in [2.24, 2.45) is 11.8 Å². The molecule has 1 saturated heterocycles. The molecule has 1 aromatic carbocycles. The van der Waals surface area contributed by atoms with Gasteiger partial charge in [0.25, 0.3) is 5.91 Å². The Morgan fingerprint density at radius 2 is 2.00 bits per heavy atom. The average Bonchev–Trinajstić information content (AvgIpc) is 3.31. The number of amides is 2. The number of alkyl halides is 3. The summed E-state index contributed by atoms with van der Waals surface area (Å²) in [7, 11) is 0. The van der Waals surface area contributed by atoms with Crippen molar-refractivity contribution in [2.45, 2.75) is 38.9 Å². The average molecular weight is 464 g/mol. The molecule has 2 atom stereocenters. The van der Waals surface area contributed by atoms with Crippen LogP contribution < -0.4 is 10.2 Å². The number of anilines is 1. The molecule has 33 heavy (non-hydrogen) atoms. The van der Waals surface area contributed by atoms with Crippen molar-refractivity contribution in [3.05, 3.63) is 53.5 Å². The molecule has 0 bridgehead atoms. The van der Waals surface area contributed by atoms with Gasteiger partial charge in [-0.25, -0.2) is 0 Å². The van der Waals surface area contributed by atoms with Crippen molar-refractivity contribution in [1.29, 1.82) is 0 Å². The molecule has 1 N–H and O–H groups in total. The summed E-state index contributed by atoms with van der Waals surface area (Å²) in [5.41, 5.74) is 0.491. The molecule has 9 heteroatoms. The summed E-state index contributed by atoms with van der Waals surface area (Å²) in [6, 6.07) is 6.63. The molecule has 1 aromatic heterocycles. The van der Waals surface area contributed by atoms with E-state index in [0.717, 1.165) is 18.6 Å². The summed E-state index contributed by atoms with van der Waals surface area (Å²) >= 11 is 0. The van der Waals surface area contributed by atoms with E-state index in [4.69, 9.17) is 4.42 Å². The van der Waals surface area contributed by atoms with Crippen LogP contribution in [0.3, 0.4) is 0 Å². The molecule has 2 amide bonds. The zero-order chi connectivity index (χ0) is 23.8. The van der Waals surface area contributed by atoms with E-state index in [1.807, 2.05) is 4.90 Å². The van der Waals surface area contributed by atoms with E-state index in [2.05, 4.69) is 19.2 Å². The van der Waals surface area contributed by atoms with Crippen LogP contribution in [0.4, 0.5) is 18.9 Å². The third-order valence-electron chi connectivity index (χ3n) is 6.42. The summed E-state index contributed by atoms with van der Waals surface area (Å²) in [6.45, 7) is 5.72. The number of fused-ring (bicyclic) bond motifs is 3. The van der Waals surface area contributed by atoms with Gasteiger partial charge in [0.1, 0.15) is 0 Å². The maximum Gasteiger partial charge on any atom is 0.416 e. The summed E-state index contributed by atoms with van der Waals surface area (Å²) in [4.78, 5) is 29.6. The fourth-order valence-electron chi connectivity index (χ4n) is 4.66. The highest BCUT2D eigenvalue weighted by Crippen LogP contribution is 2.40. The fourth-order valence-corrected chi connectivity index (χ4v) is 4.66. The largest absolute Gasteiger partial charge is 0.459 e. The van der Waals surface area contributed by atoms with Crippen LogP contribution in [-0.2, 0) is 17.4 Å². The van der Waals surface area contributed by atoms with Crippen LogP contribution in [0.1, 0.15) is 41.9 Å². The number of furan rings is 1. The molecular formula is C24H28F3N3O3. The standard InChI is InChI=1S/C24H28F3N3O3/c1-15(2)7-8-28-22(31)18-13-16-12-17(24(25,26)27)5-6-19(16)30-10-9-29(14-20(18)30)23(32)21-4-3-11-33-21/h3-6,11-12,15,18,20H,7-10,13-14H2,1-2H3,(H,28,31)/t18-,20+/m1/s1. The van der Waals surface area contributed by atoms with Gasteiger partial charge in [-0.2, -0.15) is 13.2 Å². The topological polar surface area (TPSA) is 65.8 Å². The Bertz CT molecular complexity index is 1000. The smallest absolute Gasteiger partial charge is 0.416 e. The predicted octanol–water partition coefficient (Wildman–Crippen LogP) is 3.96. The first-order valence-electron chi connectivity index (χ1n) is 11.2. The van der Waals surface area contributed by atoms with Crippen molar-refractivity contribution in [2.75, 3.05) is 31.1 Å². The van der Waals surface area contributed by atoms with E-state index in [1.165, 1.54) is 12.3 Å². The van der Waals surface area contributed by atoms with Gasteiger partial charge in [-0.3, -0.25) is 9.59 Å². The quantitative estimate of drug-likeness (QED) is 0.729. The van der Waals surface area contributed by atoms with Crippen molar-refractivity contribution in [1.82, 2.24) is 10.2 Å². The lowest BCUT2D eigenvalue weighted by molar-refractivity contribution is -0.137. The Morgan fingerprint density at radius 3 is 2.67 bits per heavy atom. The van der Waals surface area contributed by atoms with Gasteiger partial charge >= 0.3 is 6.18 Å². The van der Waals surface area contributed by atoms with Gasteiger partial charge in [0.15, 0.2) is 5.76 Å². The first-order valence-corrected chi connectivity index (χ1v) is 11.2. The number of benzene rings is 1. The number of rotatable bonds is 5. The minimum Gasteiger partial charge on any atom is -0.459 e. The van der Waals surface area contributed by atoms with E-state index < -0.39 is 17.7 Å². The first kappa shape index (κ1) is 23.2. The molecule has 178 valence electrons. The maximum atomic E-state index is 13.3. The molecule has 0 radical (unpaired) electrons. The lowest BCUT2D eigenvalue weighted by atomic mass is 9.82. The second kappa shape index (κ2) is 9.11. The minimum absolute atomic E-state index is 0.191. The van der Waals surface area contributed by atoms with E-state index in [1.54, 1.807) is 17.0 Å². The third-order valence-corrected chi connectivity index (χ3v) is 6.42. The monoisotopic (exact) mass is 463 g/mol. The molecule has 4 rings (SSSR count). The van der Waals surface area contributed by atoms with E-state index >= 15 is 0 Å². The zero-order valence-corrected chi connectivity index (χ0v) is 18.7. The molecule has 3 heterocycles. The van der Waals surface area contributed by atoms with Gasteiger partial charge in [0, 0.05) is 31.9 Å². The molecule has 1 fully saturated rings. The second-order valence-corrected chi connectivity index (χ2v) is 9.11. The molecule has 0 spiro atoms. The number of nitrogens with one attached hydrogen (secondary N) is 1. The third kappa shape index (κ3) is 4.86. The number of carbonyl (C=O) groups is 2. The molecular weight excluding hydrogens is 435 g/mol. The highest BCUT2D eigenvalue weighted by atomic mass is 19.4. The lowest BCUT2D eigenvalue weighted by Crippen LogP contribution is -2.62. The van der Waals surface area contributed by atoms with Crippen LogP contribution in [0.5, 0.6) is 0 Å². The van der Waals surface area contributed by atoms with Crippen LogP contribution in [0.25, 0.3) is 0 Å². The normalized spacial score (nSPS) is 20.4. The predicted molar refractivity (Wildman–Crippen MR) is 117 cm³/mol. The van der Waals surface area contributed by atoms with Crippen molar-refractivity contribution in [3.63, 3.8) is 0 Å². The Kier molecular flexibility index (Phi) is 6.41.